The van der Waals surface area contributed by atoms with Crippen LogP contribution >= 0.6 is 0 Å². The van der Waals surface area contributed by atoms with Crippen molar-refractivity contribution in [3.05, 3.63) is 87.8 Å². The average molecular weight is 542 g/mol. The fourth-order valence-corrected chi connectivity index (χ4v) is 4.85. The molecule has 1 unspecified atom stereocenters. The molecule has 5 aromatic rings. The van der Waals surface area contributed by atoms with Gasteiger partial charge in [0.15, 0.2) is 17.3 Å². The maximum atomic E-state index is 13.2. The molecule has 11 heteroatoms. The first-order valence-electron chi connectivity index (χ1n) is 11.8. The number of hydrogen-bond donors (Lipinski definition) is 5. The summed E-state index contributed by atoms with van der Waals surface area (Å²) < 4.78 is 17.3. The molecule has 3 heterocycles. The number of phenols is 3. The molecule has 1 atom stereocenters. The van der Waals surface area contributed by atoms with E-state index in [0.29, 0.717) is 5.56 Å². The normalized spacial score (nSPS) is 14.6. The Labute approximate surface area is 223 Å². The summed E-state index contributed by atoms with van der Waals surface area (Å²) in [6.07, 6.45) is -0.250. The van der Waals surface area contributed by atoms with Gasteiger partial charge in [0, 0.05) is 22.8 Å². The highest BCUT2D eigenvalue weighted by Gasteiger charge is 2.36. The summed E-state index contributed by atoms with van der Waals surface area (Å²) in [6.45, 7) is 0. The Bertz CT molecular complexity index is 1930. The number of hydrogen-bond acceptors (Lipinski definition) is 10. The van der Waals surface area contributed by atoms with E-state index in [1.165, 1.54) is 12.1 Å². The summed E-state index contributed by atoms with van der Waals surface area (Å²) in [7, 11) is 0. The SMILES string of the molecule is O=C1CC(c2ccc(-c3ccccc3C(=O)O)o2)c2c(cc(O)c3c(=O)c(O)c(-c4ccc(O)c(O)c4)oc23)O1. The van der Waals surface area contributed by atoms with Crippen LogP contribution in [0.2, 0.25) is 0 Å². The Balaban J connectivity index is 1.59. The van der Waals surface area contributed by atoms with Crippen molar-refractivity contribution in [3.8, 4) is 51.4 Å². The molecule has 1 aliphatic heterocycles. The van der Waals surface area contributed by atoms with Crippen LogP contribution in [0, 0.1) is 0 Å². The largest absolute Gasteiger partial charge is 0.507 e. The molecule has 0 bridgehead atoms. The van der Waals surface area contributed by atoms with E-state index in [1.54, 1.807) is 30.3 Å². The van der Waals surface area contributed by atoms with Gasteiger partial charge in [-0.05, 0) is 36.4 Å². The minimum absolute atomic E-state index is 0.00508. The molecule has 5 N–H and O–H groups in total. The van der Waals surface area contributed by atoms with Gasteiger partial charge in [-0.3, -0.25) is 9.59 Å². The lowest BCUT2D eigenvalue weighted by atomic mass is 9.88. The number of benzene rings is 3. The molecule has 3 aromatic carbocycles. The Hall–Kier alpha value is -5.71. The van der Waals surface area contributed by atoms with Crippen molar-refractivity contribution < 1.29 is 48.7 Å². The van der Waals surface area contributed by atoms with Gasteiger partial charge in [-0.25, -0.2) is 4.79 Å². The van der Waals surface area contributed by atoms with E-state index in [0.717, 1.165) is 18.2 Å². The highest BCUT2D eigenvalue weighted by molar-refractivity contribution is 5.96. The lowest BCUT2D eigenvalue weighted by molar-refractivity contribution is -0.135. The molecule has 0 spiro atoms. The van der Waals surface area contributed by atoms with Gasteiger partial charge < -0.3 is 39.1 Å². The van der Waals surface area contributed by atoms with E-state index < -0.39 is 46.3 Å². The number of carbonyl (C=O) groups is 2. The summed E-state index contributed by atoms with van der Waals surface area (Å²) in [6, 6.07) is 13.9. The van der Waals surface area contributed by atoms with Crippen LogP contribution in [0.4, 0.5) is 0 Å². The van der Waals surface area contributed by atoms with E-state index >= 15 is 0 Å². The molecule has 0 fully saturated rings. The van der Waals surface area contributed by atoms with Gasteiger partial charge in [-0.2, -0.15) is 0 Å². The van der Waals surface area contributed by atoms with Gasteiger partial charge in [-0.15, -0.1) is 0 Å². The molecule has 1 aliphatic rings. The minimum atomic E-state index is -1.16. The molecule has 0 amide bonds. The Morgan fingerprint density at radius 1 is 0.850 bits per heavy atom. The predicted molar refractivity (Wildman–Crippen MR) is 138 cm³/mol. The van der Waals surface area contributed by atoms with E-state index in [1.807, 2.05) is 0 Å². The zero-order valence-electron chi connectivity index (χ0n) is 20.2. The van der Waals surface area contributed by atoms with Crippen molar-refractivity contribution in [2.75, 3.05) is 0 Å². The Kier molecular flexibility index (Phi) is 5.51. The number of esters is 1. The van der Waals surface area contributed by atoms with Crippen LogP contribution in [-0.4, -0.2) is 37.5 Å². The van der Waals surface area contributed by atoms with Crippen molar-refractivity contribution in [2.24, 2.45) is 0 Å². The van der Waals surface area contributed by atoms with E-state index in [9.17, 15) is 39.9 Å². The standard InChI is InChI=1S/C29H18O11/c30-16-6-5-12(9-17(16)31)27-26(35)25(34)24-18(32)11-21-23(28(24)40-27)15(10-22(33)39-21)20-8-7-19(38-20)13-3-1-2-4-14(13)29(36)37/h1-9,11,15,30-32,35H,10H2,(H,36,37). The molecule has 0 saturated carbocycles. The fourth-order valence-electron chi connectivity index (χ4n) is 4.85. The maximum Gasteiger partial charge on any atom is 0.336 e. The number of ether oxygens (including phenoxy) is 1. The molecule has 0 radical (unpaired) electrons. The Morgan fingerprint density at radius 2 is 1.62 bits per heavy atom. The smallest absolute Gasteiger partial charge is 0.336 e. The first-order chi connectivity index (χ1) is 19.1. The van der Waals surface area contributed by atoms with Crippen molar-refractivity contribution in [1.82, 2.24) is 0 Å². The van der Waals surface area contributed by atoms with Gasteiger partial charge in [-0.1, -0.05) is 18.2 Å². The fraction of sp³-hybridized carbons (Fsp3) is 0.0690. The number of carboxylic acid groups (broad SMARTS) is 1. The average Bonchev–Trinajstić information content (AvgIpc) is 3.41. The molecule has 11 nitrogen and oxygen atoms in total. The molecular weight excluding hydrogens is 524 g/mol. The van der Waals surface area contributed by atoms with Crippen LogP contribution in [0.1, 0.15) is 34.0 Å². The van der Waals surface area contributed by atoms with Crippen LogP contribution < -0.4 is 10.2 Å². The van der Waals surface area contributed by atoms with Crippen LogP contribution in [-0.2, 0) is 4.79 Å². The number of carboxylic acids is 1. The first kappa shape index (κ1) is 24.6. The quantitative estimate of drug-likeness (QED) is 0.120. The van der Waals surface area contributed by atoms with Gasteiger partial charge in [0.1, 0.15) is 34.0 Å². The number of rotatable bonds is 4. The van der Waals surface area contributed by atoms with E-state index in [4.69, 9.17) is 13.6 Å². The second-order valence-electron chi connectivity index (χ2n) is 9.11. The predicted octanol–water partition coefficient (Wildman–Crippen LogP) is 4.68. The zero-order valence-corrected chi connectivity index (χ0v) is 20.2. The number of furan rings is 1. The topological polar surface area (TPSA) is 188 Å². The summed E-state index contributed by atoms with van der Waals surface area (Å²) in [5, 5.41) is 50.1. The van der Waals surface area contributed by atoms with Gasteiger partial charge in [0.2, 0.25) is 11.2 Å². The number of carbonyl (C=O) groups excluding carboxylic acids is 1. The van der Waals surface area contributed by atoms with E-state index in [-0.39, 0.29) is 57.1 Å². The number of aromatic carboxylic acids is 1. The molecule has 40 heavy (non-hydrogen) atoms. The van der Waals surface area contributed by atoms with Gasteiger partial charge >= 0.3 is 11.9 Å². The van der Waals surface area contributed by atoms with Crippen molar-refractivity contribution >= 4 is 22.9 Å². The molecule has 6 rings (SSSR count). The van der Waals surface area contributed by atoms with Crippen molar-refractivity contribution in [2.45, 2.75) is 12.3 Å². The van der Waals surface area contributed by atoms with Crippen LogP contribution in [0.15, 0.2) is 74.3 Å². The zero-order chi connectivity index (χ0) is 28.3. The number of aromatic hydroxyl groups is 4. The summed E-state index contributed by atoms with van der Waals surface area (Å²) in [4.78, 5) is 37.5. The van der Waals surface area contributed by atoms with Crippen molar-refractivity contribution in [1.29, 1.82) is 0 Å². The lowest BCUT2D eigenvalue weighted by Crippen LogP contribution is -2.21. The van der Waals surface area contributed by atoms with Crippen LogP contribution in [0.3, 0.4) is 0 Å². The number of phenolic OH excluding ortho intramolecular Hbond substituents is 3. The molecule has 2 aromatic heterocycles. The second kappa shape index (κ2) is 8.95. The highest BCUT2D eigenvalue weighted by atomic mass is 16.5. The third-order valence-electron chi connectivity index (χ3n) is 6.70. The highest BCUT2D eigenvalue weighted by Crippen LogP contribution is 2.48. The number of fused-ring (bicyclic) bond motifs is 3. The monoisotopic (exact) mass is 542 g/mol. The van der Waals surface area contributed by atoms with E-state index in [2.05, 4.69) is 0 Å². The van der Waals surface area contributed by atoms with Gasteiger partial charge in [0.25, 0.3) is 0 Å². The lowest BCUT2D eigenvalue weighted by Gasteiger charge is -2.24. The van der Waals surface area contributed by atoms with Crippen LogP contribution in [0.25, 0.3) is 33.6 Å². The maximum absolute atomic E-state index is 13.2. The molecule has 0 aliphatic carbocycles. The first-order valence-corrected chi connectivity index (χ1v) is 11.8. The summed E-state index contributed by atoms with van der Waals surface area (Å²) in [5.74, 6) is -5.18. The molecule has 0 saturated heterocycles. The molecule has 200 valence electrons. The summed E-state index contributed by atoms with van der Waals surface area (Å²) in [5.41, 5.74) is -0.677. The second-order valence-corrected chi connectivity index (χ2v) is 9.11. The third kappa shape index (κ3) is 3.79. The molecular formula is C29H18O11. The van der Waals surface area contributed by atoms with Gasteiger partial charge in [0.05, 0.1) is 17.9 Å². The van der Waals surface area contributed by atoms with Crippen molar-refractivity contribution in [3.63, 3.8) is 0 Å². The third-order valence-corrected chi connectivity index (χ3v) is 6.70. The Morgan fingerprint density at radius 3 is 2.38 bits per heavy atom. The minimum Gasteiger partial charge on any atom is -0.507 e. The summed E-state index contributed by atoms with van der Waals surface area (Å²) >= 11 is 0. The van der Waals surface area contributed by atoms with Crippen LogP contribution in [0.5, 0.6) is 28.7 Å².